The number of benzene rings is 1. The van der Waals surface area contributed by atoms with Gasteiger partial charge < -0.3 is 24.3 Å². The molecule has 140 valence electrons. The van der Waals surface area contributed by atoms with Gasteiger partial charge >= 0.3 is 5.97 Å². The van der Waals surface area contributed by atoms with Gasteiger partial charge in [-0.25, -0.2) is 4.79 Å². The van der Waals surface area contributed by atoms with E-state index < -0.39 is 11.4 Å². The molecule has 0 saturated heterocycles. The van der Waals surface area contributed by atoms with E-state index in [1.54, 1.807) is 46.1 Å². The molecule has 0 aliphatic rings. The number of nitrogens with one attached hydrogen (secondary N) is 1. The van der Waals surface area contributed by atoms with E-state index in [1.165, 1.54) is 13.2 Å². The fourth-order valence-corrected chi connectivity index (χ4v) is 2.59. The molecule has 7 nitrogen and oxygen atoms in total. The number of amides is 1. The van der Waals surface area contributed by atoms with E-state index in [9.17, 15) is 9.59 Å². The highest BCUT2D eigenvalue weighted by atomic mass is 16.5. The number of methoxy groups -OCH3 is 2. The van der Waals surface area contributed by atoms with Gasteiger partial charge in [0, 0.05) is 0 Å². The van der Waals surface area contributed by atoms with Gasteiger partial charge in [-0.1, -0.05) is 6.07 Å². The lowest BCUT2D eigenvalue weighted by Gasteiger charge is -2.25. The molecule has 2 N–H and O–H groups in total. The summed E-state index contributed by atoms with van der Waals surface area (Å²) in [7, 11) is 3.08. The number of rotatable bonds is 7. The Balaban J connectivity index is 2.15. The van der Waals surface area contributed by atoms with Crippen LogP contribution in [0.2, 0.25) is 0 Å². The predicted octanol–water partition coefficient (Wildman–Crippen LogP) is 2.90. The van der Waals surface area contributed by atoms with Gasteiger partial charge in [0.2, 0.25) is 5.91 Å². The number of aryl methyl sites for hydroxylation is 1. The molecular weight excluding hydrogens is 338 g/mol. The Morgan fingerprint density at radius 1 is 1.15 bits per heavy atom. The van der Waals surface area contributed by atoms with Crippen LogP contribution in [0.3, 0.4) is 0 Å². The van der Waals surface area contributed by atoms with Gasteiger partial charge in [-0.2, -0.15) is 0 Å². The summed E-state index contributed by atoms with van der Waals surface area (Å²) in [4.78, 5) is 23.7. The first-order valence-corrected chi connectivity index (χ1v) is 8.04. The highest BCUT2D eigenvalue weighted by Crippen LogP contribution is 2.33. The third-order valence-corrected chi connectivity index (χ3v) is 4.30. The minimum Gasteiger partial charge on any atom is -0.493 e. The Bertz CT molecular complexity index is 821. The zero-order chi connectivity index (χ0) is 19.5. The molecule has 0 aliphatic carbocycles. The van der Waals surface area contributed by atoms with Crippen LogP contribution in [0, 0.1) is 6.92 Å². The van der Waals surface area contributed by atoms with Gasteiger partial charge in [0.15, 0.2) is 11.5 Å². The van der Waals surface area contributed by atoms with E-state index in [-0.39, 0.29) is 18.0 Å². The van der Waals surface area contributed by atoms with Crippen LogP contribution in [0.25, 0.3) is 0 Å². The number of hydrogen-bond donors (Lipinski definition) is 2. The van der Waals surface area contributed by atoms with Crippen molar-refractivity contribution in [2.24, 2.45) is 0 Å². The summed E-state index contributed by atoms with van der Waals surface area (Å²) in [5.74, 6) is 0.528. The monoisotopic (exact) mass is 361 g/mol. The van der Waals surface area contributed by atoms with E-state index in [0.717, 1.165) is 5.56 Å². The van der Waals surface area contributed by atoms with E-state index >= 15 is 0 Å². The molecule has 0 saturated carbocycles. The summed E-state index contributed by atoms with van der Waals surface area (Å²) >= 11 is 0. The zero-order valence-corrected chi connectivity index (χ0v) is 15.5. The second-order valence-corrected chi connectivity index (χ2v) is 6.37. The smallest absolute Gasteiger partial charge is 0.339 e. The number of carboxylic acid groups (broad SMARTS) is 1. The molecular formula is C19H23NO6. The number of carbonyl (C=O) groups is 2. The van der Waals surface area contributed by atoms with Crippen molar-refractivity contribution in [3.05, 3.63) is 46.9 Å². The average Bonchev–Trinajstić information content (AvgIpc) is 2.99. The van der Waals surface area contributed by atoms with Crippen molar-refractivity contribution in [2.75, 3.05) is 14.2 Å². The summed E-state index contributed by atoms with van der Waals surface area (Å²) in [5.41, 5.74) is 0.0134. The van der Waals surface area contributed by atoms with Crippen molar-refractivity contribution in [3.63, 3.8) is 0 Å². The maximum Gasteiger partial charge on any atom is 0.339 e. The molecule has 0 unspecified atom stereocenters. The molecule has 0 radical (unpaired) electrons. The molecule has 1 heterocycles. The Hall–Kier alpha value is -2.96. The second kappa shape index (κ2) is 7.51. The van der Waals surface area contributed by atoms with E-state index in [1.807, 2.05) is 0 Å². The number of aromatic carboxylic acids is 1. The Morgan fingerprint density at radius 2 is 1.81 bits per heavy atom. The van der Waals surface area contributed by atoms with Gasteiger partial charge in [-0.3, -0.25) is 4.79 Å². The topological polar surface area (TPSA) is 98.0 Å². The molecule has 2 aromatic rings. The fourth-order valence-electron chi connectivity index (χ4n) is 2.59. The molecule has 1 aromatic heterocycles. The predicted molar refractivity (Wildman–Crippen MR) is 94.8 cm³/mol. The number of hydrogen-bond acceptors (Lipinski definition) is 5. The maximum absolute atomic E-state index is 12.7. The molecule has 26 heavy (non-hydrogen) atoms. The van der Waals surface area contributed by atoms with Crippen LogP contribution in [-0.4, -0.2) is 31.2 Å². The normalized spacial score (nSPS) is 11.1. The summed E-state index contributed by atoms with van der Waals surface area (Å²) in [6.45, 7) is 5.26. The van der Waals surface area contributed by atoms with Gasteiger partial charge in [0.05, 0.1) is 26.2 Å². The SMILES string of the molecule is COc1ccc(C(C)(C)C(=O)NCc2cc(C(=O)O)c(C)o2)cc1OC. The van der Waals surface area contributed by atoms with Gasteiger partial charge in [-0.15, -0.1) is 0 Å². The Kier molecular flexibility index (Phi) is 5.59. The standard InChI is InChI=1S/C19H23NO6/c1-11-14(17(21)22)9-13(26-11)10-20-18(23)19(2,3)12-6-7-15(24-4)16(8-12)25-5/h6-9H,10H2,1-5H3,(H,20,23)(H,21,22). The molecule has 0 spiro atoms. The van der Waals surface area contributed by atoms with Crippen LogP contribution >= 0.6 is 0 Å². The average molecular weight is 361 g/mol. The van der Waals surface area contributed by atoms with E-state index in [0.29, 0.717) is 23.0 Å². The maximum atomic E-state index is 12.7. The molecule has 0 atom stereocenters. The van der Waals surface area contributed by atoms with Crippen LogP contribution in [0.5, 0.6) is 11.5 Å². The summed E-state index contributed by atoms with van der Waals surface area (Å²) in [5, 5.41) is 11.8. The van der Waals surface area contributed by atoms with Crippen LogP contribution in [0.4, 0.5) is 0 Å². The first-order valence-electron chi connectivity index (χ1n) is 8.04. The van der Waals surface area contributed by atoms with E-state index in [4.69, 9.17) is 19.0 Å². The molecule has 7 heteroatoms. The lowest BCUT2D eigenvalue weighted by atomic mass is 9.83. The Labute approximate surface area is 151 Å². The third kappa shape index (κ3) is 3.82. The van der Waals surface area contributed by atoms with Crippen molar-refractivity contribution in [1.29, 1.82) is 0 Å². The molecule has 1 amide bonds. The molecule has 0 aliphatic heterocycles. The first-order chi connectivity index (χ1) is 12.2. The van der Waals surface area contributed by atoms with Crippen molar-refractivity contribution in [1.82, 2.24) is 5.32 Å². The van der Waals surface area contributed by atoms with Crippen molar-refractivity contribution in [2.45, 2.75) is 32.7 Å². The minimum absolute atomic E-state index is 0.0911. The number of carboxylic acids is 1. The van der Waals surface area contributed by atoms with Gasteiger partial charge in [-0.05, 0) is 44.5 Å². The summed E-state index contributed by atoms with van der Waals surface area (Å²) < 4.78 is 15.9. The zero-order valence-electron chi connectivity index (χ0n) is 15.5. The third-order valence-electron chi connectivity index (χ3n) is 4.30. The minimum atomic E-state index is -1.06. The number of ether oxygens (including phenoxy) is 2. The fraction of sp³-hybridized carbons (Fsp3) is 0.368. The molecule has 1 aromatic carbocycles. The van der Waals surface area contributed by atoms with Crippen molar-refractivity contribution in [3.8, 4) is 11.5 Å². The highest BCUT2D eigenvalue weighted by molar-refractivity contribution is 5.89. The quantitative estimate of drug-likeness (QED) is 0.787. The van der Waals surface area contributed by atoms with Crippen molar-refractivity contribution < 1.29 is 28.6 Å². The Morgan fingerprint density at radius 3 is 2.35 bits per heavy atom. The number of furan rings is 1. The second-order valence-electron chi connectivity index (χ2n) is 6.37. The van der Waals surface area contributed by atoms with Crippen LogP contribution in [-0.2, 0) is 16.8 Å². The largest absolute Gasteiger partial charge is 0.493 e. The highest BCUT2D eigenvalue weighted by Gasteiger charge is 2.31. The molecule has 0 fully saturated rings. The van der Waals surface area contributed by atoms with Gasteiger partial charge in [0.1, 0.15) is 17.1 Å². The molecule has 0 bridgehead atoms. The number of carbonyl (C=O) groups excluding carboxylic acids is 1. The van der Waals surface area contributed by atoms with Crippen LogP contribution in [0.1, 0.15) is 41.3 Å². The summed E-state index contributed by atoms with van der Waals surface area (Å²) in [6.07, 6.45) is 0. The van der Waals surface area contributed by atoms with Crippen molar-refractivity contribution >= 4 is 11.9 Å². The lowest BCUT2D eigenvalue weighted by molar-refractivity contribution is -0.125. The van der Waals surface area contributed by atoms with E-state index in [2.05, 4.69) is 5.32 Å². The van der Waals surface area contributed by atoms with Crippen LogP contribution in [0.15, 0.2) is 28.7 Å². The lowest BCUT2D eigenvalue weighted by Crippen LogP contribution is -2.39. The summed E-state index contributed by atoms with van der Waals surface area (Å²) in [6, 6.07) is 6.73. The first kappa shape index (κ1) is 19.4. The van der Waals surface area contributed by atoms with Gasteiger partial charge in [0.25, 0.3) is 0 Å². The van der Waals surface area contributed by atoms with Crippen LogP contribution < -0.4 is 14.8 Å². The molecule has 2 rings (SSSR count).